The summed E-state index contributed by atoms with van der Waals surface area (Å²) in [7, 11) is -3.60. The van der Waals surface area contributed by atoms with Crippen molar-refractivity contribution in [1.82, 2.24) is 4.72 Å². The molecule has 0 radical (unpaired) electrons. The average Bonchev–Trinajstić information content (AvgIpc) is 2.26. The van der Waals surface area contributed by atoms with E-state index in [9.17, 15) is 8.42 Å². The van der Waals surface area contributed by atoms with Gasteiger partial charge in [0.05, 0.1) is 16.4 Å². The number of aryl methyl sites for hydroxylation is 1. The van der Waals surface area contributed by atoms with Crippen molar-refractivity contribution in [2.75, 3.05) is 6.54 Å². The molecule has 4 nitrogen and oxygen atoms in total. The summed E-state index contributed by atoms with van der Waals surface area (Å²) in [6.07, 6.45) is 0. The van der Waals surface area contributed by atoms with Crippen molar-refractivity contribution >= 4 is 26.0 Å². The fraction of sp³-hybridized carbons (Fsp3) is 0.417. The summed E-state index contributed by atoms with van der Waals surface area (Å²) in [5.74, 6) is 0. The summed E-state index contributed by atoms with van der Waals surface area (Å²) in [5.41, 5.74) is 0.239. The van der Waals surface area contributed by atoms with E-state index < -0.39 is 15.4 Å². The van der Waals surface area contributed by atoms with Crippen LogP contribution in [0.1, 0.15) is 19.4 Å². The van der Waals surface area contributed by atoms with Crippen LogP contribution in [0.25, 0.3) is 0 Å². The molecule has 0 spiro atoms. The van der Waals surface area contributed by atoms with Crippen LogP contribution in [0.3, 0.4) is 0 Å². The Balaban J connectivity index is 2.98. The lowest BCUT2D eigenvalue weighted by molar-refractivity contribution is 0.478. The van der Waals surface area contributed by atoms with Crippen LogP contribution in [0.4, 0.5) is 0 Å². The van der Waals surface area contributed by atoms with Crippen molar-refractivity contribution in [3.05, 3.63) is 28.2 Å². The molecule has 0 aliphatic carbocycles. The van der Waals surface area contributed by atoms with E-state index in [4.69, 9.17) is 5.26 Å². The third kappa shape index (κ3) is 3.80. The number of hydrogen-bond donors (Lipinski definition) is 1. The highest BCUT2D eigenvalue weighted by Crippen LogP contribution is 2.23. The lowest BCUT2D eigenvalue weighted by Crippen LogP contribution is -2.33. The zero-order valence-corrected chi connectivity index (χ0v) is 12.9. The molecule has 0 aliphatic heterocycles. The first-order valence-corrected chi connectivity index (χ1v) is 7.63. The van der Waals surface area contributed by atoms with E-state index in [1.165, 1.54) is 0 Å². The van der Waals surface area contributed by atoms with Crippen molar-refractivity contribution < 1.29 is 8.42 Å². The zero-order chi connectivity index (χ0) is 14.0. The summed E-state index contributed by atoms with van der Waals surface area (Å²) in [4.78, 5) is 0.182. The molecular weight excluding hydrogens is 316 g/mol. The molecule has 0 amide bonds. The van der Waals surface area contributed by atoms with Crippen LogP contribution in [0, 0.1) is 23.7 Å². The maximum atomic E-state index is 12.1. The Morgan fingerprint density at radius 1 is 1.44 bits per heavy atom. The van der Waals surface area contributed by atoms with Gasteiger partial charge in [-0.15, -0.1) is 0 Å². The maximum Gasteiger partial charge on any atom is 0.241 e. The van der Waals surface area contributed by atoms with Gasteiger partial charge < -0.3 is 0 Å². The Morgan fingerprint density at radius 2 is 2.06 bits per heavy atom. The van der Waals surface area contributed by atoms with Crippen molar-refractivity contribution in [1.29, 1.82) is 5.26 Å². The summed E-state index contributed by atoms with van der Waals surface area (Å²) < 4.78 is 27.1. The number of nitrogens with zero attached hydrogens (tertiary/aromatic N) is 1. The van der Waals surface area contributed by atoms with Crippen molar-refractivity contribution in [2.45, 2.75) is 25.7 Å². The molecule has 1 N–H and O–H groups in total. The molecule has 1 aromatic rings. The second-order valence-electron chi connectivity index (χ2n) is 4.75. The van der Waals surface area contributed by atoms with Gasteiger partial charge in [0.1, 0.15) is 0 Å². The predicted molar refractivity (Wildman–Crippen MR) is 73.5 cm³/mol. The first kappa shape index (κ1) is 15.2. The van der Waals surface area contributed by atoms with E-state index >= 15 is 0 Å². The van der Waals surface area contributed by atoms with Crippen LogP contribution in [0.5, 0.6) is 0 Å². The van der Waals surface area contributed by atoms with Gasteiger partial charge in [0.2, 0.25) is 10.0 Å². The number of halogens is 1. The molecule has 0 heterocycles. The topological polar surface area (TPSA) is 70.0 Å². The Bertz CT molecular complexity index is 589. The van der Waals surface area contributed by atoms with Gasteiger partial charge in [-0.25, -0.2) is 13.1 Å². The molecule has 0 saturated heterocycles. The van der Waals surface area contributed by atoms with E-state index in [2.05, 4.69) is 26.7 Å². The first-order valence-electron chi connectivity index (χ1n) is 5.35. The summed E-state index contributed by atoms with van der Waals surface area (Å²) >= 11 is 3.24. The SMILES string of the molecule is Cc1ccc(S(=O)(=O)NCC(C)(C)C#N)c(Br)c1. The molecule has 98 valence electrons. The fourth-order valence-corrected chi connectivity index (χ4v) is 3.62. The number of nitrogens with one attached hydrogen (secondary N) is 1. The van der Waals surface area contributed by atoms with Gasteiger partial charge in [0.25, 0.3) is 0 Å². The van der Waals surface area contributed by atoms with E-state index in [0.717, 1.165) is 5.56 Å². The number of sulfonamides is 1. The molecule has 0 atom stereocenters. The van der Waals surface area contributed by atoms with Gasteiger partial charge in [0.15, 0.2) is 0 Å². The molecule has 6 heteroatoms. The highest BCUT2D eigenvalue weighted by atomic mass is 79.9. The summed E-state index contributed by atoms with van der Waals surface area (Å²) in [6, 6.07) is 7.06. The van der Waals surface area contributed by atoms with Gasteiger partial charge in [-0.3, -0.25) is 0 Å². The lowest BCUT2D eigenvalue weighted by Gasteiger charge is -2.16. The van der Waals surface area contributed by atoms with Crippen LogP contribution in [-0.2, 0) is 10.0 Å². The Kier molecular flexibility index (Phi) is 4.54. The quantitative estimate of drug-likeness (QED) is 0.922. The standard InChI is InChI=1S/C12H15BrN2O2S/c1-9-4-5-11(10(13)6-9)18(16,17)15-8-12(2,3)7-14/h4-6,15H,8H2,1-3H3. The molecule has 0 saturated carbocycles. The number of nitriles is 1. The Morgan fingerprint density at radius 3 is 2.56 bits per heavy atom. The number of rotatable bonds is 4. The molecule has 0 aromatic heterocycles. The van der Waals surface area contributed by atoms with Crippen LogP contribution in [0.2, 0.25) is 0 Å². The first-order chi connectivity index (χ1) is 8.18. The summed E-state index contributed by atoms with van der Waals surface area (Å²) in [5, 5.41) is 8.86. The molecule has 18 heavy (non-hydrogen) atoms. The van der Waals surface area contributed by atoms with Gasteiger partial charge in [-0.05, 0) is 54.4 Å². The van der Waals surface area contributed by atoms with E-state index in [1.807, 2.05) is 6.92 Å². The minimum atomic E-state index is -3.60. The highest BCUT2D eigenvalue weighted by Gasteiger charge is 2.23. The molecule has 1 aromatic carbocycles. The molecule has 0 aliphatic rings. The van der Waals surface area contributed by atoms with Gasteiger partial charge in [0, 0.05) is 11.0 Å². The smallest absolute Gasteiger partial charge is 0.210 e. The van der Waals surface area contributed by atoms with Crippen LogP contribution < -0.4 is 4.72 Å². The number of hydrogen-bond acceptors (Lipinski definition) is 3. The Hall–Kier alpha value is -0.900. The van der Waals surface area contributed by atoms with Crippen molar-refractivity contribution in [2.24, 2.45) is 5.41 Å². The minimum Gasteiger partial charge on any atom is -0.210 e. The molecule has 0 bridgehead atoms. The normalized spacial score (nSPS) is 12.2. The van der Waals surface area contributed by atoms with E-state index in [1.54, 1.807) is 32.0 Å². The second kappa shape index (κ2) is 5.39. The van der Waals surface area contributed by atoms with Gasteiger partial charge in [-0.2, -0.15) is 5.26 Å². The predicted octanol–water partition coefficient (Wildman–Crippen LogP) is 2.59. The second-order valence-corrected chi connectivity index (χ2v) is 7.34. The molecule has 1 rings (SSSR count). The third-order valence-corrected chi connectivity index (χ3v) is 4.76. The minimum absolute atomic E-state index is 0.0755. The zero-order valence-electron chi connectivity index (χ0n) is 10.5. The number of benzene rings is 1. The van der Waals surface area contributed by atoms with Crippen molar-refractivity contribution in [3.8, 4) is 6.07 Å². The monoisotopic (exact) mass is 330 g/mol. The molecule has 0 fully saturated rings. The van der Waals surface area contributed by atoms with Crippen LogP contribution in [0.15, 0.2) is 27.6 Å². The largest absolute Gasteiger partial charge is 0.241 e. The third-order valence-electron chi connectivity index (χ3n) is 2.38. The average molecular weight is 331 g/mol. The van der Waals surface area contributed by atoms with Gasteiger partial charge >= 0.3 is 0 Å². The highest BCUT2D eigenvalue weighted by molar-refractivity contribution is 9.10. The fourth-order valence-electron chi connectivity index (χ4n) is 1.22. The summed E-state index contributed by atoms with van der Waals surface area (Å²) in [6.45, 7) is 5.32. The van der Waals surface area contributed by atoms with Gasteiger partial charge in [-0.1, -0.05) is 6.07 Å². The Labute approximate surface area is 116 Å². The van der Waals surface area contributed by atoms with Crippen LogP contribution in [-0.4, -0.2) is 15.0 Å². The lowest BCUT2D eigenvalue weighted by atomic mass is 9.97. The van der Waals surface area contributed by atoms with E-state index in [0.29, 0.717) is 4.47 Å². The van der Waals surface area contributed by atoms with Crippen LogP contribution >= 0.6 is 15.9 Å². The van der Waals surface area contributed by atoms with E-state index in [-0.39, 0.29) is 11.4 Å². The molecular formula is C12H15BrN2O2S. The maximum absolute atomic E-state index is 12.1. The van der Waals surface area contributed by atoms with Crippen molar-refractivity contribution in [3.63, 3.8) is 0 Å². The molecule has 0 unspecified atom stereocenters.